The third-order valence-corrected chi connectivity index (χ3v) is 1.84. The molecule has 2 nitrogen and oxygen atoms in total. The molecule has 9 heavy (non-hydrogen) atoms. The van der Waals surface area contributed by atoms with Crippen LogP contribution in [0.15, 0.2) is 10.8 Å². The van der Waals surface area contributed by atoms with Crippen molar-refractivity contribution in [2.24, 2.45) is 0 Å². The summed E-state index contributed by atoms with van der Waals surface area (Å²) in [5.74, 6) is 0. The highest BCUT2D eigenvalue weighted by Gasteiger charge is 1.91. The number of nitrogens with zero attached hydrogens (tertiary/aromatic N) is 1. The SMILES string of the molecule is CCn1cc(Br)[nH]c1=S. The molecule has 0 fully saturated rings. The fraction of sp³-hybridized carbons (Fsp3) is 0.400. The average Bonchev–Trinajstić information content (AvgIpc) is 2.10. The van der Waals surface area contributed by atoms with Gasteiger partial charge in [0.2, 0.25) is 0 Å². The summed E-state index contributed by atoms with van der Waals surface area (Å²) in [6, 6.07) is 0. The Hall–Kier alpha value is -0.0900. The van der Waals surface area contributed by atoms with E-state index in [4.69, 9.17) is 12.2 Å². The van der Waals surface area contributed by atoms with Gasteiger partial charge in [-0.1, -0.05) is 0 Å². The standard InChI is InChI=1S/C5H7BrN2S/c1-2-8-3-4(6)7-5(8)9/h3H,2H2,1H3,(H,7,9). The lowest BCUT2D eigenvalue weighted by molar-refractivity contribution is 0.749. The molecule has 0 aliphatic rings. The van der Waals surface area contributed by atoms with Crippen LogP contribution in [0, 0.1) is 4.77 Å². The first kappa shape index (κ1) is 7.02. The molecule has 0 aromatic carbocycles. The monoisotopic (exact) mass is 206 g/mol. The van der Waals surface area contributed by atoms with Crippen molar-refractivity contribution in [1.82, 2.24) is 9.55 Å². The van der Waals surface area contributed by atoms with E-state index in [1.807, 2.05) is 10.8 Å². The minimum atomic E-state index is 0.768. The fourth-order valence-electron chi connectivity index (χ4n) is 0.637. The Bertz CT molecular complexity index is 250. The molecule has 1 rings (SSSR count). The van der Waals surface area contributed by atoms with E-state index in [1.54, 1.807) is 0 Å². The van der Waals surface area contributed by atoms with Crippen molar-refractivity contribution < 1.29 is 0 Å². The van der Waals surface area contributed by atoms with E-state index in [0.29, 0.717) is 0 Å². The third-order valence-electron chi connectivity index (χ3n) is 1.10. The van der Waals surface area contributed by atoms with Gasteiger partial charge in [0, 0.05) is 12.7 Å². The maximum Gasteiger partial charge on any atom is 0.177 e. The topological polar surface area (TPSA) is 20.7 Å². The maximum absolute atomic E-state index is 4.95. The second kappa shape index (κ2) is 2.66. The second-order valence-corrected chi connectivity index (χ2v) is 2.93. The van der Waals surface area contributed by atoms with E-state index in [0.717, 1.165) is 15.9 Å². The third kappa shape index (κ3) is 1.43. The zero-order chi connectivity index (χ0) is 6.85. The van der Waals surface area contributed by atoms with Crippen LogP contribution >= 0.6 is 28.1 Å². The summed E-state index contributed by atoms with van der Waals surface area (Å²) in [6.45, 7) is 2.97. The Morgan fingerprint density at radius 2 is 2.56 bits per heavy atom. The molecule has 0 atom stereocenters. The van der Waals surface area contributed by atoms with Crippen LogP contribution in [-0.2, 0) is 6.54 Å². The molecule has 1 N–H and O–H groups in total. The molecule has 1 aromatic heterocycles. The highest BCUT2D eigenvalue weighted by atomic mass is 79.9. The molecular weight excluding hydrogens is 200 g/mol. The van der Waals surface area contributed by atoms with Crippen molar-refractivity contribution in [3.63, 3.8) is 0 Å². The number of aromatic nitrogens is 2. The van der Waals surface area contributed by atoms with Gasteiger partial charge in [0.05, 0.1) is 0 Å². The van der Waals surface area contributed by atoms with Crippen molar-refractivity contribution in [3.8, 4) is 0 Å². The minimum absolute atomic E-state index is 0.768. The fourth-order valence-corrected chi connectivity index (χ4v) is 1.49. The number of H-pyrrole nitrogens is 1. The highest BCUT2D eigenvalue weighted by molar-refractivity contribution is 9.10. The lowest BCUT2D eigenvalue weighted by Crippen LogP contribution is -1.89. The van der Waals surface area contributed by atoms with Crippen molar-refractivity contribution in [3.05, 3.63) is 15.6 Å². The number of hydrogen-bond donors (Lipinski definition) is 1. The predicted molar refractivity (Wildman–Crippen MR) is 43.0 cm³/mol. The smallest absolute Gasteiger partial charge is 0.177 e. The van der Waals surface area contributed by atoms with Gasteiger partial charge in [0.15, 0.2) is 4.77 Å². The van der Waals surface area contributed by atoms with Crippen molar-refractivity contribution in [2.45, 2.75) is 13.5 Å². The van der Waals surface area contributed by atoms with Gasteiger partial charge in [-0.2, -0.15) is 0 Å². The molecular formula is C5H7BrN2S. The summed E-state index contributed by atoms with van der Waals surface area (Å²) in [6.07, 6.45) is 1.93. The van der Waals surface area contributed by atoms with Crippen LogP contribution in [-0.4, -0.2) is 9.55 Å². The molecule has 4 heteroatoms. The highest BCUT2D eigenvalue weighted by Crippen LogP contribution is 2.05. The molecule has 0 bridgehead atoms. The van der Waals surface area contributed by atoms with E-state index >= 15 is 0 Å². The molecule has 0 aliphatic heterocycles. The first-order chi connectivity index (χ1) is 4.24. The maximum atomic E-state index is 4.95. The first-order valence-electron chi connectivity index (χ1n) is 2.69. The summed E-state index contributed by atoms with van der Waals surface area (Å²) in [5.41, 5.74) is 0. The van der Waals surface area contributed by atoms with Crippen LogP contribution < -0.4 is 0 Å². The summed E-state index contributed by atoms with van der Waals surface area (Å²) >= 11 is 8.23. The van der Waals surface area contributed by atoms with Crippen molar-refractivity contribution in [1.29, 1.82) is 0 Å². The summed E-state index contributed by atoms with van der Waals surface area (Å²) < 4.78 is 3.66. The van der Waals surface area contributed by atoms with Gasteiger partial charge >= 0.3 is 0 Å². The van der Waals surface area contributed by atoms with E-state index in [9.17, 15) is 0 Å². The van der Waals surface area contributed by atoms with Crippen LogP contribution in [0.25, 0.3) is 0 Å². The van der Waals surface area contributed by atoms with E-state index < -0.39 is 0 Å². The van der Waals surface area contributed by atoms with Crippen LogP contribution in [0.2, 0.25) is 0 Å². The number of nitrogens with one attached hydrogen (secondary N) is 1. The van der Waals surface area contributed by atoms with Gasteiger partial charge in [0.1, 0.15) is 4.60 Å². The number of rotatable bonds is 1. The molecule has 0 aliphatic carbocycles. The molecule has 0 amide bonds. The van der Waals surface area contributed by atoms with E-state index in [2.05, 4.69) is 27.8 Å². The van der Waals surface area contributed by atoms with Gasteiger partial charge in [-0.05, 0) is 35.1 Å². The number of aromatic amines is 1. The Morgan fingerprint density at radius 3 is 2.78 bits per heavy atom. The molecule has 0 radical (unpaired) electrons. The van der Waals surface area contributed by atoms with Crippen LogP contribution in [0.5, 0.6) is 0 Å². The van der Waals surface area contributed by atoms with Crippen LogP contribution in [0.1, 0.15) is 6.92 Å². The van der Waals surface area contributed by atoms with Crippen LogP contribution in [0.3, 0.4) is 0 Å². The van der Waals surface area contributed by atoms with Gasteiger partial charge in [-0.25, -0.2) is 0 Å². The minimum Gasteiger partial charge on any atom is -0.325 e. The lowest BCUT2D eigenvalue weighted by Gasteiger charge is -1.89. The summed E-state index contributed by atoms with van der Waals surface area (Å²) in [4.78, 5) is 2.95. The summed E-state index contributed by atoms with van der Waals surface area (Å²) in [5, 5.41) is 0. The number of hydrogen-bond acceptors (Lipinski definition) is 1. The zero-order valence-electron chi connectivity index (χ0n) is 5.02. The van der Waals surface area contributed by atoms with E-state index in [1.165, 1.54) is 0 Å². The van der Waals surface area contributed by atoms with Crippen molar-refractivity contribution in [2.75, 3.05) is 0 Å². The molecule has 0 spiro atoms. The zero-order valence-corrected chi connectivity index (χ0v) is 7.42. The molecule has 1 aromatic rings. The van der Waals surface area contributed by atoms with Gasteiger partial charge in [-0.3, -0.25) is 0 Å². The number of imidazole rings is 1. The lowest BCUT2D eigenvalue weighted by atomic mass is 10.7. The Kier molecular flexibility index (Phi) is 2.08. The molecule has 1 heterocycles. The molecule has 50 valence electrons. The summed E-state index contributed by atoms with van der Waals surface area (Å²) in [7, 11) is 0. The molecule has 0 saturated carbocycles. The average molecular weight is 207 g/mol. The molecule has 0 saturated heterocycles. The van der Waals surface area contributed by atoms with Gasteiger partial charge in [-0.15, -0.1) is 0 Å². The first-order valence-corrected chi connectivity index (χ1v) is 3.89. The Morgan fingerprint density at radius 1 is 1.89 bits per heavy atom. The number of aryl methyl sites for hydroxylation is 1. The normalized spacial score (nSPS) is 10.0. The largest absolute Gasteiger partial charge is 0.325 e. The van der Waals surface area contributed by atoms with Gasteiger partial charge in [0.25, 0.3) is 0 Å². The predicted octanol–water partition coefficient (Wildman–Crippen LogP) is 2.33. The quantitative estimate of drug-likeness (QED) is 0.701. The van der Waals surface area contributed by atoms with Gasteiger partial charge < -0.3 is 9.55 Å². The van der Waals surface area contributed by atoms with E-state index in [-0.39, 0.29) is 0 Å². The molecule has 0 unspecified atom stereocenters. The number of halogens is 1. The second-order valence-electron chi connectivity index (χ2n) is 1.69. The Labute approximate surface area is 67.0 Å². The Balaban J connectivity index is 3.16. The van der Waals surface area contributed by atoms with Crippen molar-refractivity contribution >= 4 is 28.1 Å². The van der Waals surface area contributed by atoms with Crippen LogP contribution in [0.4, 0.5) is 0 Å².